The van der Waals surface area contributed by atoms with Crippen LogP contribution in [0.4, 0.5) is 11.4 Å². The van der Waals surface area contributed by atoms with Gasteiger partial charge < -0.3 is 26.2 Å². The van der Waals surface area contributed by atoms with Crippen LogP contribution in [-0.2, 0) is 11.2 Å². The molecule has 0 atom stereocenters. The minimum absolute atomic E-state index is 0.0525. The van der Waals surface area contributed by atoms with Crippen LogP contribution in [0.25, 0.3) is 0 Å². The Hall–Kier alpha value is -3.69. The average Bonchev–Trinajstić information content (AvgIpc) is 3.50. The molecule has 9 heteroatoms. The number of anilines is 2. The number of carbonyl (C=O) groups is 3. The predicted molar refractivity (Wildman–Crippen MR) is 155 cm³/mol. The second kappa shape index (κ2) is 12.4. The van der Waals surface area contributed by atoms with E-state index in [0.717, 1.165) is 41.8 Å². The topological polar surface area (TPSA) is 108 Å². The number of hydrogen-bond donors (Lipinski definition) is 3. The zero-order valence-electron chi connectivity index (χ0n) is 22.0. The van der Waals surface area contributed by atoms with Crippen LogP contribution in [0, 0.1) is 0 Å². The summed E-state index contributed by atoms with van der Waals surface area (Å²) in [4.78, 5) is 43.7. The highest BCUT2D eigenvalue weighted by molar-refractivity contribution is 7.12. The predicted octanol–water partition coefficient (Wildman–Crippen LogP) is 3.89. The van der Waals surface area contributed by atoms with E-state index >= 15 is 0 Å². The quantitative estimate of drug-likeness (QED) is 0.418. The van der Waals surface area contributed by atoms with E-state index in [1.807, 2.05) is 64.9 Å². The Morgan fingerprint density at radius 3 is 2.33 bits per heavy atom. The SMILES string of the molecule is NC1CCC(NC(=O)c2ccc(N3CCN(C(=O)c4cccs4)CC3)c(NC(=O)Cc3ccccc3)c2)CC1. The monoisotopic (exact) mass is 545 g/mol. The van der Waals surface area contributed by atoms with Gasteiger partial charge in [-0.15, -0.1) is 11.3 Å². The fourth-order valence-corrected chi connectivity index (χ4v) is 5.96. The molecular weight excluding hydrogens is 510 g/mol. The summed E-state index contributed by atoms with van der Waals surface area (Å²) in [6, 6.07) is 19.1. The van der Waals surface area contributed by atoms with Gasteiger partial charge in [0.15, 0.2) is 0 Å². The molecule has 2 fully saturated rings. The lowest BCUT2D eigenvalue weighted by Crippen LogP contribution is -2.48. The summed E-state index contributed by atoms with van der Waals surface area (Å²) in [5, 5.41) is 8.12. The Labute approximate surface area is 233 Å². The van der Waals surface area contributed by atoms with Crippen molar-refractivity contribution in [1.29, 1.82) is 0 Å². The van der Waals surface area contributed by atoms with Gasteiger partial charge in [0, 0.05) is 43.8 Å². The molecule has 204 valence electrons. The van der Waals surface area contributed by atoms with Crippen LogP contribution in [0.1, 0.15) is 51.3 Å². The van der Waals surface area contributed by atoms with Gasteiger partial charge in [0.2, 0.25) is 5.91 Å². The highest BCUT2D eigenvalue weighted by atomic mass is 32.1. The van der Waals surface area contributed by atoms with Gasteiger partial charge in [-0.3, -0.25) is 14.4 Å². The van der Waals surface area contributed by atoms with E-state index < -0.39 is 0 Å². The standard InChI is InChI=1S/C30H35N5O3S/c31-23-9-11-24(12-10-23)32-29(37)22-8-13-26(25(20-22)33-28(36)19-21-5-2-1-3-6-21)34-14-16-35(17-15-34)30(38)27-7-4-18-39-27/h1-8,13,18,20,23-24H,9-12,14-17,19,31H2,(H,32,37)(H,33,36). The zero-order chi connectivity index (χ0) is 27.2. The maximum Gasteiger partial charge on any atom is 0.264 e. The molecule has 1 saturated heterocycles. The first-order chi connectivity index (χ1) is 19.0. The maximum absolute atomic E-state index is 13.1. The first-order valence-corrected chi connectivity index (χ1v) is 14.5. The van der Waals surface area contributed by atoms with Crippen LogP contribution < -0.4 is 21.3 Å². The number of nitrogens with two attached hydrogens (primary N) is 1. The van der Waals surface area contributed by atoms with Crippen LogP contribution in [0.15, 0.2) is 66.0 Å². The van der Waals surface area contributed by atoms with Crippen molar-refractivity contribution < 1.29 is 14.4 Å². The van der Waals surface area contributed by atoms with Gasteiger partial charge >= 0.3 is 0 Å². The number of thiophene rings is 1. The van der Waals surface area contributed by atoms with Gasteiger partial charge in [-0.25, -0.2) is 0 Å². The number of carbonyl (C=O) groups excluding carboxylic acids is 3. The molecule has 1 aliphatic heterocycles. The number of rotatable bonds is 7. The molecule has 2 aliphatic rings. The lowest BCUT2D eigenvalue weighted by Gasteiger charge is -2.37. The van der Waals surface area contributed by atoms with Gasteiger partial charge in [-0.2, -0.15) is 0 Å². The number of amides is 3. The van der Waals surface area contributed by atoms with Crippen molar-refractivity contribution in [2.75, 3.05) is 36.4 Å². The third kappa shape index (κ3) is 6.85. The van der Waals surface area contributed by atoms with Crippen molar-refractivity contribution >= 4 is 40.4 Å². The Morgan fingerprint density at radius 1 is 0.897 bits per heavy atom. The van der Waals surface area contributed by atoms with E-state index in [9.17, 15) is 14.4 Å². The molecule has 3 aromatic rings. The third-order valence-corrected chi connectivity index (χ3v) is 8.34. The Bertz CT molecular complexity index is 1280. The van der Waals surface area contributed by atoms with E-state index in [1.54, 1.807) is 6.07 Å². The minimum atomic E-state index is -0.146. The summed E-state index contributed by atoms with van der Waals surface area (Å²) < 4.78 is 0. The smallest absolute Gasteiger partial charge is 0.264 e. The van der Waals surface area contributed by atoms with Gasteiger partial charge in [-0.05, 0) is 60.9 Å². The Balaban J connectivity index is 1.31. The Morgan fingerprint density at radius 2 is 1.64 bits per heavy atom. The van der Waals surface area contributed by atoms with Gasteiger partial charge in [-0.1, -0.05) is 36.4 Å². The molecular formula is C30H35N5O3S. The lowest BCUT2D eigenvalue weighted by molar-refractivity contribution is -0.115. The van der Waals surface area contributed by atoms with Crippen LogP contribution in [0.5, 0.6) is 0 Å². The van der Waals surface area contributed by atoms with Crippen molar-refractivity contribution in [1.82, 2.24) is 10.2 Å². The molecule has 1 aromatic heterocycles. The van der Waals surface area contributed by atoms with Crippen molar-refractivity contribution in [3.63, 3.8) is 0 Å². The van der Waals surface area contributed by atoms with Crippen molar-refractivity contribution in [3.05, 3.63) is 82.0 Å². The summed E-state index contributed by atoms with van der Waals surface area (Å²) in [6.07, 6.45) is 3.81. The fourth-order valence-electron chi connectivity index (χ4n) is 5.27. The van der Waals surface area contributed by atoms with E-state index in [0.29, 0.717) is 37.4 Å². The highest BCUT2D eigenvalue weighted by Gasteiger charge is 2.26. The molecule has 0 unspecified atom stereocenters. The summed E-state index contributed by atoms with van der Waals surface area (Å²) in [5.41, 5.74) is 8.90. The van der Waals surface area contributed by atoms with Crippen LogP contribution in [0.3, 0.4) is 0 Å². The maximum atomic E-state index is 13.1. The summed E-state index contributed by atoms with van der Waals surface area (Å²) >= 11 is 1.45. The summed E-state index contributed by atoms with van der Waals surface area (Å²) in [7, 11) is 0. The minimum Gasteiger partial charge on any atom is -0.366 e. The van der Waals surface area contributed by atoms with Crippen LogP contribution in [0.2, 0.25) is 0 Å². The third-order valence-electron chi connectivity index (χ3n) is 7.49. The van der Waals surface area contributed by atoms with E-state index in [-0.39, 0.29) is 36.2 Å². The first-order valence-electron chi connectivity index (χ1n) is 13.6. The molecule has 39 heavy (non-hydrogen) atoms. The molecule has 2 heterocycles. The number of benzene rings is 2. The molecule has 0 radical (unpaired) electrons. The summed E-state index contributed by atoms with van der Waals surface area (Å²) in [5.74, 6) is -0.239. The number of hydrogen-bond acceptors (Lipinski definition) is 6. The van der Waals surface area contributed by atoms with Crippen molar-refractivity contribution in [2.24, 2.45) is 5.73 Å². The van der Waals surface area contributed by atoms with Gasteiger partial charge in [0.05, 0.1) is 22.7 Å². The van der Waals surface area contributed by atoms with E-state index in [4.69, 9.17) is 5.73 Å². The molecule has 0 spiro atoms. The van der Waals surface area contributed by atoms with E-state index in [1.165, 1.54) is 11.3 Å². The lowest BCUT2D eigenvalue weighted by atomic mass is 9.91. The highest BCUT2D eigenvalue weighted by Crippen LogP contribution is 2.29. The second-order valence-electron chi connectivity index (χ2n) is 10.3. The molecule has 2 aromatic carbocycles. The number of piperazine rings is 1. The van der Waals surface area contributed by atoms with Gasteiger partial charge in [0.25, 0.3) is 11.8 Å². The molecule has 1 aliphatic carbocycles. The normalized spacial score (nSPS) is 19.4. The fraction of sp³-hybridized carbons (Fsp3) is 0.367. The molecule has 4 N–H and O–H groups in total. The molecule has 0 bridgehead atoms. The second-order valence-corrected chi connectivity index (χ2v) is 11.2. The largest absolute Gasteiger partial charge is 0.366 e. The summed E-state index contributed by atoms with van der Waals surface area (Å²) in [6.45, 7) is 2.43. The molecule has 1 saturated carbocycles. The average molecular weight is 546 g/mol. The molecule has 5 rings (SSSR count). The zero-order valence-corrected chi connectivity index (χ0v) is 22.8. The Kier molecular flexibility index (Phi) is 8.58. The van der Waals surface area contributed by atoms with E-state index in [2.05, 4.69) is 15.5 Å². The van der Waals surface area contributed by atoms with Crippen LogP contribution >= 0.6 is 11.3 Å². The first kappa shape index (κ1) is 26.9. The van der Waals surface area contributed by atoms with Gasteiger partial charge in [0.1, 0.15) is 0 Å². The molecule has 8 nitrogen and oxygen atoms in total. The number of nitrogens with zero attached hydrogens (tertiary/aromatic N) is 2. The van der Waals surface area contributed by atoms with Crippen LogP contribution in [-0.4, -0.2) is 60.9 Å². The molecule has 3 amide bonds. The van der Waals surface area contributed by atoms with Crippen molar-refractivity contribution in [3.8, 4) is 0 Å². The van der Waals surface area contributed by atoms with Crippen molar-refractivity contribution in [2.45, 2.75) is 44.2 Å². The number of nitrogens with one attached hydrogen (secondary N) is 2.